The van der Waals surface area contributed by atoms with E-state index in [1.807, 2.05) is 0 Å². The molecule has 1 amide bonds. The molecule has 1 N–H and O–H groups in total. The van der Waals surface area contributed by atoms with Crippen molar-refractivity contribution in [3.8, 4) is 0 Å². The number of hydrogen-bond donors (Lipinski definition) is 1. The SMILES string of the molecule is O=C(O)C(CC(=O)[N+](=O)[O-])c1ccccc1. The number of hydrogen-bond acceptors (Lipinski definition) is 4. The summed E-state index contributed by atoms with van der Waals surface area (Å²) < 4.78 is 0. The molecule has 0 aliphatic rings. The summed E-state index contributed by atoms with van der Waals surface area (Å²) in [6, 6.07) is 7.96. The average Bonchev–Trinajstić information content (AvgIpc) is 2.26. The van der Waals surface area contributed by atoms with E-state index in [-0.39, 0.29) is 0 Å². The van der Waals surface area contributed by atoms with E-state index < -0.39 is 29.1 Å². The fourth-order valence-corrected chi connectivity index (χ4v) is 1.28. The highest BCUT2D eigenvalue weighted by Crippen LogP contribution is 2.20. The highest BCUT2D eigenvalue weighted by Gasteiger charge is 2.28. The Morgan fingerprint density at radius 3 is 2.31 bits per heavy atom. The van der Waals surface area contributed by atoms with Crippen LogP contribution in [0.3, 0.4) is 0 Å². The molecule has 6 heteroatoms. The van der Waals surface area contributed by atoms with Gasteiger partial charge in [0.2, 0.25) is 0 Å². The van der Waals surface area contributed by atoms with Gasteiger partial charge in [-0.15, -0.1) is 0 Å². The second-order valence-corrected chi connectivity index (χ2v) is 3.16. The van der Waals surface area contributed by atoms with Crippen LogP contribution in [0, 0.1) is 10.1 Å². The van der Waals surface area contributed by atoms with Crippen LogP contribution in [0.4, 0.5) is 0 Å². The molecular weight excluding hydrogens is 214 g/mol. The first-order valence-corrected chi connectivity index (χ1v) is 4.47. The van der Waals surface area contributed by atoms with Gasteiger partial charge in [0.25, 0.3) is 0 Å². The number of nitro groups is 1. The van der Waals surface area contributed by atoms with Gasteiger partial charge in [0.15, 0.2) is 0 Å². The van der Waals surface area contributed by atoms with E-state index >= 15 is 0 Å². The molecule has 1 aromatic carbocycles. The number of carbonyl (C=O) groups excluding carboxylic acids is 1. The minimum Gasteiger partial charge on any atom is -0.481 e. The number of rotatable bonds is 4. The van der Waals surface area contributed by atoms with Crippen molar-refractivity contribution in [1.82, 2.24) is 0 Å². The van der Waals surface area contributed by atoms with Crippen molar-refractivity contribution in [2.45, 2.75) is 12.3 Å². The Kier molecular flexibility index (Phi) is 3.71. The summed E-state index contributed by atoms with van der Waals surface area (Å²) in [5.41, 5.74) is 0.380. The van der Waals surface area contributed by atoms with Crippen molar-refractivity contribution >= 4 is 11.9 Å². The Morgan fingerprint density at radius 1 is 1.31 bits per heavy atom. The molecule has 16 heavy (non-hydrogen) atoms. The molecule has 1 aromatic rings. The molecule has 84 valence electrons. The highest BCUT2D eigenvalue weighted by molar-refractivity contribution is 5.82. The minimum atomic E-state index is -1.30. The minimum absolute atomic E-state index is 0.380. The molecule has 0 aliphatic heterocycles. The number of carboxylic acid groups (broad SMARTS) is 1. The lowest BCUT2D eigenvalue weighted by atomic mass is 9.96. The number of carboxylic acids is 1. The highest BCUT2D eigenvalue weighted by atomic mass is 16.6. The summed E-state index contributed by atoms with van der Waals surface area (Å²) in [6.07, 6.45) is -0.633. The molecule has 1 atom stereocenters. The molecule has 0 saturated heterocycles. The number of nitrogens with zero attached hydrogens (tertiary/aromatic N) is 1. The first-order valence-electron chi connectivity index (χ1n) is 4.47. The van der Waals surface area contributed by atoms with Crippen LogP contribution in [0.5, 0.6) is 0 Å². The molecule has 1 rings (SSSR count). The second kappa shape index (κ2) is 5.01. The summed E-state index contributed by atoms with van der Waals surface area (Å²) in [4.78, 5) is 30.8. The zero-order valence-electron chi connectivity index (χ0n) is 8.20. The van der Waals surface area contributed by atoms with Gasteiger partial charge in [0.05, 0.1) is 12.3 Å². The standard InChI is InChI=1S/C10H9NO5/c12-9(11(15)16)6-8(10(13)14)7-4-2-1-3-5-7/h1-5,8H,6H2,(H,13,14). The van der Waals surface area contributed by atoms with Gasteiger partial charge < -0.3 is 5.11 Å². The molecule has 0 heterocycles. The summed E-state index contributed by atoms with van der Waals surface area (Å²) in [5, 5.41) is 19.0. The van der Waals surface area contributed by atoms with Gasteiger partial charge >= 0.3 is 11.9 Å². The predicted molar refractivity (Wildman–Crippen MR) is 53.4 cm³/mol. The quantitative estimate of drug-likeness (QED) is 0.607. The molecule has 6 nitrogen and oxygen atoms in total. The van der Waals surface area contributed by atoms with Gasteiger partial charge in [-0.05, 0) is 5.56 Å². The largest absolute Gasteiger partial charge is 0.481 e. The van der Waals surface area contributed by atoms with Crippen molar-refractivity contribution in [1.29, 1.82) is 0 Å². The van der Waals surface area contributed by atoms with Crippen LogP contribution < -0.4 is 0 Å². The number of amides is 1. The smallest absolute Gasteiger partial charge is 0.445 e. The van der Waals surface area contributed by atoms with Crippen LogP contribution in [0.1, 0.15) is 17.9 Å². The Hall–Kier alpha value is -2.24. The lowest BCUT2D eigenvalue weighted by Crippen LogP contribution is -2.20. The first-order chi connectivity index (χ1) is 7.52. The number of carbonyl (C=O) groups is 2. The topological polar surface area (TPSA) is 97.5 Å². The van der Waals surface area contributed by atoms with Crippen molar-refractivity contribution in [2.75, 3.05) is 0 Å². The Balaban J connectivity index is 2.89. The molecule has 0 spiro atoms. The molecule has 0 aliphatic carbocycles. The average molecular weight is 223 g/mol. The first kappa shape index (κ1) is 11.8. The Morgan fingerprint density at radius 2 is 1.88 bits per heavy atom. The maximum absolute atomic E-state index is 10.9. The molecular formula is C10H9NO5. The van der Waals surface area contributed by atoms with E-state index in [1.165, 1.54) is 12.1 Å². The summed E-state index contributed by atoms with van der Waals surface area (Å²) in [5.74, 6) is -3.71. The predicted octanol–water partition coefficient (Wildman–Crippen LogP) is 1.05. The maximum atomic E-state index is 10.9. The molecule has 0 aromatic heterocycles. The lowest BCUT2D eigenvalue weighted by molar-refractivity contribution is -0.402. The molecule has 1 unspecified atom stereocenters. The summed E-state index contributed by atoms with van der Waals surface area (Å²) in [7, 11) is 0. The fraction of sp³-hybridized carbons (Fsp3) is 0.200. The second-order valence-electron chi connectivity index (χ2n) is 3.16. The van der Waals surface area contributed by atoms with E-state index in [2.05, 4.69) is 0 Å². The van der Waals surface area contributed by atoms with E-state index in [1.54, 1.807) is 18.2 Å². The molecule has 0 saturated carbocycles. The zero-order chi connectivity index (χ0) is 12.1. The van der Waals surface area contributed by atoms with Crippen molar-refractivity contribution in [3.05, 3.63) is 46.0 Å². The zero-order valence-corrected chi connectivity index (χ0v) is 8.20. The number of benzene rings is 1. The third-order valence-corrected chi connectivity index (χ3v) is 2.08. The summed E-state index contributed by atoms with van der Waals surface area (Å²) >= 11 is 0. The monoisotopic (exact) mass is 223 g/mol. The van der Waals surface area contributed by atoms with Gasteiger partial charge in [0, 0.05) is 0 Å². The summed E-state index contributed by atoms with van der Waals surface area (Å²) in [6.45, 7) is 0. The van der Waals surface area contributed by atoms with Crippen LogP contribution in [0.2, 0.25) is 0 Å². The fourth-order valence-electron chi connectivity index (χ4n) is 1.28. The third kappa shape index (κ3) is 2.88. The van der Waals surface area contributed by atoms with E-state index in [0.717, 1.165) is 0 Å². The van der Waals surface area contributed by atoms with Crippen molar-refractivity contribution < 1.29 is 19.6 Å². The van der Waals surface area contributed by atoms with Crippen LogP contribution in [-0.4, -0.2) is 21.9 Å². The Bertz CT molecular complexity index is 414. The van der Waals surface area contributed by atoms with Crippen LogP contribution in [0.15, 0.2) is 30.3 Å². The molecule has 0 bridgehead atoms. The lowest BCUT2D eigenvalue weighted by Gasteiger charge is -2.08. The normalized spacial score (nSPS) is 11.8. The van der Waals surface area contributed by atoms with E-state index in [9.17, 15) is 19.7 Å². The van der Waals surface area contributed by atoms with Crippen LogP contribution >= 0.6 is 0 Å². The molecule has 0 fully saturated rings. The van der Waals surface area contributed by atoms with Gasteiger partial charge in [-0.3, -0.25) is 14.9 Å². The third-order valence-electron chi connectivity index (χ3n) is 2.08. The van der Waals surface area contributed by atoms with Crippen LogP contribution in [0.25, 0.3) is 0 Å². The van der Waals surface area contributed by atoms with E-state index in [0.29, 0.717) is 5.56 Å². The van der Waals surface area contributed by atoms with Crippen LogP contribution in [-0.2, 0) is 9.59 Å². The van der Waals surface area contributed by atoms with E-state index in [4.69, 9.17) is 5.11 Å². The van der Waals surface area contributed by atoms with Gasteiger partial charge in [-0.25, -0.2) is 4.79 Å². The Labute approximate surface area is 90.7 Å². The number of aliphatic carboxylic acids is 1. The van der Waals surface area contributed by atoms with Gasteiger partial charge in [-0.1, -0.05) is 30.3 Å². The maximum Gasteiger partial charge on any atom is 0.445 e. The van der Waals surface area contributed by atoms with Crippen molar-refractivity contribution in [3.63, 3.8) is 0 Å². The van der Waals surface area contributed by atoms with Gasteiger partial charge in [0.1, 0.15) is 4.92 Å². The van der Waals surface area contributed by atoms with Gasteiger partial charge in [-0.2, -0.15) is 0 Å². The van der Waals surface area contributed by atoms with Crippen molar-refractivity contribution in [2.24, 2.45) is 0 Å². The molecule has 0 radical (unpaired) electrons.